The molecule has 7 aromatic rings. The van der Waals surface area contributed by atoms with E-state index in [4.69, 9.17) is 19.9 Å². The topological polar surface area (TPSA) is 125 Å². The van der Waals surface area contributed by atoms with Crippen molar-refractivity contribution in [1.29, 1.82) is 0 Å². The Morgan fingerprint density at radius 1 is 0.408 bits per heavy atom. The van der Waals surface area contributed by atoms with Gasteiger partial charge < -0.3 is 9.97 Å². The van der Waals surface area contributed by atoms with E-state index in [1.165, 1.54) is 0 Å². The van der Waals surface area contributed by atoms with Crippen LogP contribution in [-0.2, 0) is 45.3 Å². The Morgan fingerprint density at radius 3 is 0.857 bits per heavy atom. The summed E-state index contributed by atoms with van der Waals surface area (Å²) in [6.07, 6.45) is 23.5. The van der Waals surface area contributed by atoms with E-state index in [1.807, 2.05) is 126 Å². The van der Waals surface area contributed by atoms with Crippen molar-refractivity contribution in [3.63, 3.8) is 0 Å². The van der Waals surface area contributed by atoms with Crippen molar-refractivity contribution in [2.75, 3.05) is 0 Å². The Labute approximate surface area is 291 Å². The molecular weight excluding hydrogens is 655 g/mol. The normalized spacial score (nSPS) is 12.2. The average molecular weight is 684 g/mol. The summed E-state index contributed by atoms with van der Waals surface area (Å²) in [5.41, 5.74) is 13.4. The first-order chi connectivity index (χ1) is 23.4. The van der Waals surface area contributed by atoms with E-state index < -0.39 is 0 Å². The van der Waals surface area contributed by atoms with Crippen LogP contribution in [0.1, 0.15) is 22.8 Å². The summed E-state index contributed by atoms with van der Waals surface area (Å²) in [4.78, 5) is 20.9. The third-order valence-corrected chi connectivity index (χ3v) is 8.58. The molecule has 9 heterocycles. The van der Waals surface area contributed by atoms with Crippen LogP contribution in [-0.4, -0.2) is 49.1 Å². The van der Waals surface area contributed by atoms with Gasteiger partial charge in [-0.3, -0.25) is 18.7 Å². The smallest absolute Gasteiger partial charge is 0.657 e. The molecule has 9 rings (SSSR count). The average Bonchev–Trinajstić information content (AvgIpc) is 3.89. The van der Waals surface area contributed by atoms with Crippen molar-refractivity contribution in [3.8, 4) is 44.5 Å². The van der Waals surface area contributed by atoms with Gasteiger partial charge in [-0.2, -0.15) is 20.4 Å². The summed E-state index contributed by atoms with van der Waals surface area (Å²) < 4.78 is 7.15. The summed E-state index contributed by atoms with van der Waals surface area (Å²) in [6, 6.07) is 8.14. The van der Waals surface area contributed by atoms with E-state index in [2.05, 4.69) is 20.4 Å². The van der Waals surface area contributed by atoms with Crippen LogP contribution < -0.4 is 9.97 Å². The molecule has 0 saturated heterocycles. The van der Waals surface area contributed by atoms with Crippen molar-refractivity contribution in [1.82, 2.24) is 59.1 Å². The predicted octanol–water partition coefficient (Wildman–Crippen LogP) is 5.51. The van der Waals surface area contributed by atoms with Gasteiger partial charge in [0.2, 0.25) is 0 Å². The molecule has 0 spiro atoms. The van der Waals surface area contributed by atoms with Gasteiger partial charge in [-0.25, -0.2) is 9.97 Å². The van der Waals surface area contributed by atoms with Crippen LogP contribution >= 0.6 is 0 Å². The molecule has 49 heavy (non-hydrogen) atoms. The Hall–Kier alpha value is -6.04. The summed E-state index contributed by atoms with van der Waals surface area (Å²) in [6.45, 7) is 0. The fourth-order valence-corrected chi connectivity index (χ4v) is 6.47. The number of fused-ring (bicyclic) bond motifs is 8. The third-order valence-electron chi connectivity index (χ3n) is 8.58. The second-order valence-corrected chi connectivity index (χ2v) is 12.0. The number of hydrogen-bond acceptors (Lipinski definition) is 6. The number of aromatic nitrogens is 12. The van der Waals surface area contributed by atoms with Gasteiger partial charge in [-0.15, -0.1) is 22.1 Å². The van der Waals surface area contributed by atoms with E-state index in [0.717, 1.165) is 89.4 Å². The van der Waals surface area contributed by atoms with Gasteiger partial charge in [-0.05, 0) is 46.6 Å². The standard InChI is InChI=1S/C36H28N12.Mn/c1-45-17-21(13-37-45)33-25-5-7-27(41-25)34(22-14-38-46(2)18-22)29-9-11-31(43-29)36(24-16-40-48(4)20-24)32-12-10-30(44-32)35(23-15-39-47(3)19-23)28-8-6-26(33)42-28;/h5-20H,1-4H3;/q-2;+2. The Bertz CT molecular complexity index is 2280. The summed E-state index contributed by atoms with van der Waals surface area (Å²) in [5.74, 6) is 0. The third kappa shape index (κ3) is 5.16. The molecule has 2 aliphatic rings. The zero-order valence-corrected chi connectivity index (χ0v) is 28.2. The first-order valence-corrected chi connectivity index (χ1v) is 15.4. The van der Waals surface area contributed by atoms with Gasteiger partial charge >= 0.3 is 17.1 Å². The molecule has 7 aromatic heterocycles. The fraction of sp³-hybridized carbons (Fsp3) is 0.111. The van der Waals surface area contributed by atoms with Crippen molar-refractivity contribution < 1.29 is 17.1 Å². The largest absolute Gasteiger partial charge is 2.00 e. The monoisotopic (exact) mass is 683 g/mol. The van der Waals surface area contributed by atoms with Crippen LogP contribution in [0.4, 0.5) is 0 Å². The Kier molecular flexibility index (Phi) is 7.16. The minimum Gasteiger partial charge on any atom is -0.657 e. The molecule has 2 aliphatic heterocycles. The van der Waals surface area contributed by atoms with E-state index >= 15 is 0 Å². The molecule has 0 amide bonds. The Morgan fingerprint density at radius 2 is 0.653 bits per heavy atom. The molecule has 0 atom stereocenters. The van der Waals surface area contributed by atoms with Crippen molar-refractivity contribution in [3.05, 3.63) is 96.6 Å². The molecule has 0 N–H and O–H groups in total. The summed E-state index contributed by atoms with van der Waals surface area (Å²) in [7, 11) is 7.63. The molecule has 8 bridgehead atoms. The molecule has 0 aliphatic carbocycles. The van der Waals surface area contributed by atoms with Crippen molar-refractivity contribution in [2.45, 2.75) is 0 Å². The second kappa shape index (κ2) is 11.6. The van der Waals surface area contributed by atoms with Gasteiger partial charge in [0.1, 0.15) is 0 Å². The zero-order chi connectivity index (χ0) is 32.5. The zero-order valence-electron chi connectivity index (χ0n) is 27.0. The van der Waals surface area contributed by atoms with Crippen LogP contribution in [0.5, 0.6) is 0 Å². The molecule has 0 aromatic carbocycles. The molecule has 1 radical (unpaired) electrons. The van der Waals surface area contributed by atoms with Crippen LogP contribution in [0, 0.1) is 0 Å². The number of nitrogens with zero attached hydrogens (tertiary/aromatic N) is 12. The fourth-order valence-electron chi connectivity index (χ4n) is 6.47. The number of aryl methyl sites for hydroxylation is 4. The molecule has 0 saturated carbocycles. The van der Waals surface area contributed by atoms with Gasteiger partial charge in [-0.1, -0.05) is 24.3 Å². The maximum absolute atomic E-state index is 5.23. The van der Waals surface area contributed by atoms with Crippen molar-refractivity contribution in [2.24, 2.45) is 28.2 Å². The second-order valence-electron chi connectivity index (χ2n) is 12.0. The molecule has 12 nitrogen and oxygen atoms in total. The van der Waals surface area contributed by atoms with Crippen LogP contribution in [0.3, 0.4) is 0 Å². The Balaban J connectivity index is 0.00000348. The van der Waals surface area contributed by atoms with Gasteiger partial charge in [0.25, 0.3) is 0 Å². The van der Waals surface area contributed by atoms with Gasteiger partial charge in [0, 0.05) is 75.2 Å². The summed E-state index contributed by atoms with van der Waals surface area (Å²) in [5, 5.41) is 17.9. The van der Waals surface area contributed by atoms with Gasteiger partial charge in [0.05, 0.1) is 47.6 Å². The van der Waals surface area contributed by atoms with Crippen LogP contribution in [0.25, 0.3) is 90.9 Å². The van der Waals surface area contributed by atoms with E-state index in [1.54, 1.807) is 18.7 Å². The minimum absolute atomic E-state index is 0. The van der Waals surface area contributed by atoms with Gasteiger partial charge in [0.15, 0.2) is 0 Å². The first-order valence-electron chi connectivity index (χ1n) is 15.4. The molecule has 13 heteroatoms. The molecule has 239 valence electrons. The minimum atomic E-state index is 0. The predicted molar refractivity (Wildman–Crippen MR) is 186 cm³/mol. The number of rotatable bonds is 4. The molecule has 0 unspecified atom stereocenters. The van der Waals surface area contributed by atoms with Crippen LogP contribution in [0.15, 0.2) is 73.8 Å². The van der Waals surface area contributed by atoms with Crippen molar-refractivity contribution >= 4 is 46.4 Å². The first kappa shape index (κ1) is 30.3. The van der Waals surface area contributed by atoms with E-state index in [0.29, 0.717) is 0 Å². The maximum atomic E-state index is 5.23. The molecular formula is C36H28MnN12. The number of hydrogen-bond donors (Lipinski definition) is 0. The van der Waals surface area contributed by atoms with E-state index in [-0.39, 0.29) is 17.1 Å². The van der Waals surface area contributed by atoms with Crippen LogP contribution in [0.2, 0.25) is 0 Å². The SMILES string of the molecule is Cn1cc(-c2c3nc(c(-c4cnn(C)c4)c4ccc([n-]4)c(-c4cnn(C)c4)c4nc(c(-c5cnn(C)c5)c5ccc2[n-]5)C=C4)C=C3)cn1.[Mn+2]. The van der Waals surface area contributed by atoms with E-state index in [9.17, 15) is 0 Å². The molecule has 0 fully saturated rings. The summed E-state index contributed by atoms with van der Waals surface area (Å²) >= 11 is 0. The maximum Gasteiger partial charge on any atom is 2.00 e. The quantitative estimate of drug-likeness (QED) is 0.223.